The van der Waals surface area contributed by atoms with Gasteiger partial charge in [-0.1, -0.05) is 31.5 Å². The molecule has 5 heteroatoms. The Morgan fingerprint density at radius 1 is 1.12 bits per heavy atom. The van der Waals surface area contributed by atoms with E-state index < -0.39 is 0 Å². The molecule has 0 N–H and O–H groups in total. The number of aromatic nitrogens is 1. The molecule has 0 unspecified atom stereocenters. The van der Waals surface area contributed by atoms with Crippen molar-refractivity contribution in [2.24, 2.45) is 0 Å². The van der Waals surface area contributed by atoms with Crippen molar-refractivity contribution < 1.29 is 14.3 Å². The number of esters is 1. The molecule has 0 saturated carbocycles. The van der Waals surface area contributed by atoms with E-state index in [0.717, 1.165) is 54.8 Å². The Balaban J connectivity index is 1.49. The predicted octanol–water partition coefficient (Wildman–Crippen LogP) is 6.09. The van der Waals surface area contributed by atoms with Gasteiger partial charge in [-0.3, -0.25) is 4.98 Å². The molecule has 0 bridgehead atoms. The highest BCUT2D eigenvalue weighted by Gasteiger charge is 2.23. The van der Waals surface area contributed by atoms with Gasteiger partial charge in [-0.25, -0.2) is 4.79 Å². The Morgan fingerprint density at radius 3 is 2.67 bits per heavy atom. The van der Waals surface area contributed by atoms with Gasteiger partial charge in [0.25, 0.3) is 0 Å². The predicted molar refractivity (Wildman–Crippen MR) is 132 cm³/mol. The summed E-state index contributed by atoms with van der Waals surface area (Å²) in [4.78, 5) is 18.5. The van der Waals surface area contributed by atoms with Crippen molar-refractivity contribution in [3.8, 4) is 5.75 Å². The topological polar surface area (TPSA) is 51.7 Å². The van der Waals surface area contributed by atoms with Gasteiger partial charge in [0.05, 0.1) is 19.3 Å². The molecular formula is C28H32N2O3. The number of ether oxygens (including phenoxy) is 2. The van der Waals surface area contributed by atoms with Crippen LogP contribution in [0.1, 0.15) is 59.2 Å². The number of methoxy groups -OCH3 is 1. The quantitative estimate of drug-likeness (QED) is 0.394. The van der Waals surface area contributed by atoms with Crippen LogP contribution in [0.2, 0.25) is 0 Å². The van der Waals surface area contributed by atoms with E-state index in [1.807, 2.05) is 0 Å². The molecule has 3 aromatic rings. The molecule has 2 aromatic carbocycles. The maximum absolute atomic E-state index is 12.1. The van der Waals surface area contributed by atoms with Crippen LogP contribution in [0.25, 0.3) is 0 Å². The first-order valence-electron chi connectivity index (χ1n) is 11.7. The SMILES string of the molecule is CCCc1ccc(N(C)c2ccc3c(c2)OCC[C@H]3CCc2cnccc2C(=O)OC)cc1. The van der Waals surface area contributed by atoms with Crippen LogP contribution in [0, 0.1) is 0 Å². The van der Waals surface area contributed by atoms with E-state index in [-0.39, 0.29) is 5.97 Å². The first-order chi connectivity index (χ1) is 16.1. The molecular weight excluding hydrogens is 412 g/mol. The van der Waals surface area contributed by atoms with Gasteiger partial charge in [-0.2, -0.15) is 0 Å². The van der Waals surface area contributed by atoms with Crippen molar-refractivity contribution in [2.75, 3.05) is 25.7 Å². The molecule has 5 nitrogen and oxygen atoms in total. The molecule has 1 aliphatic rings. The lowest BCUT2D eigenvalue weighted by Gasteiger charge is -2.28. The van der Waals surface area contributed by atoms with Crippen LogP contribution < -0.4 is 9.64 Å². The number of nitrogens with zero attached hydrogens (tertiary/aromatic N) is 2. The fourth-order valence-corrected chi connectivity index (χ4v) is 4.55. The number of rotatable bonds is 8. The summed E-state index contributed by atoms with van der Waals surface area (Å²) in [7, 11) is 3.50. The Morgan fingerprint density at radius 2 is 1.91 bits per heavy atom. The minimum Gasteiger partial charge on any atom is -0.493 e. The second-order valence-electron chi connectivity index (χ2n) is 8.59. The highest BCUT2D eigenvalue weighted by Crippen LogP contribution is 2.39. The molecule has 33 heavy (non-hydrogen) atoms. The lowest BCUT2D eigenvalue weighted by molar-refractivity contribution is 0.0599. The molecule has 1 aliphatic heterocycles. The maximum atomic E-state index is 12.1. The Bertz CT molecular complexity index is 1090. The number of hydrogen-bond acceptors (Lipinski definition) is 5. The zero-order valence-corrected chi connectivity index (χ0v) is 19.7. The van der Waals surface area contributed by atoms with Crippen LogP contribution in [0.3, 0.4) is 0 Å². The van der Waals surface area contributed by atoms with Gasteiger partial charge in [-0.05, 0) is 72.6 Å². The van der Waals surface area contributed by atoms with E-state index in [1.165, 1.54) is 18.2 Å². The third kappa shape index (κ3) is 5.19. The van der Waals surface area contributed by atoms with Crippen molar-refractivity contribution in [1.29, 1.82) is 0 Å². The van der Waals surface area contributed by atoms with Gasteiger partial charge < -0.3 is 14.4 Å². The van der Waals surface area contributed by atoms with Crippen molar-refractivity contribution >= 4 is 17.3 Å². The number of pyridine rings is 1. The van der Waals surface area contributed by atoms with Crippen molar-refractivity contribution in [1.82, 2.24) is 4.98 Å². The van der Waals surface area contributed by atoms with Gasteiger partial charge in [0, 0.05) is 36.9 Å². The highest BCUT2D eigenvalue weighted by molar-refractivity contribution is 5.90. The van der Waals surface area contributed by atoms with E-state index >= 15 is 0 Å². The van der Waals surface area contributed by atoms with E-state index in [4.69, 9.17) is 9.47 Å². The third-order valence-corrected chi connectivity index (χ3v) is 6.48. The van der Waals surface area contributed by atoms with Crippen LogP contribution in [0.15, 0.2) is 60.9 Å². The molecule has 0 aliphatic carbocycles. The van der Waals surface area contributed by atoms with Gasteiger partial charge in [0.1, 0.15) is 5.75 Å². The number of aryl methyl sites for hydroxylation is 2. The summed E-state index contributed by atoms with van der Waals surface area (Å²) in [5, 5.41) is 0. The monoisotopic (exact) mass is 444 g/mol. The van der Waals surface area contributed by atoms with Gasteiger partial charge in [0.15, 0.2) is 0 Å². The number of hydrogen-bond donors (Lipinski definition) is 0. The molecule has 0 saturated heterocycles. The van der Waals surface area contributed by atoms with Gasteiger partial charge in [-0.15, -0.1) is 0 Å². The summed E-state index contributed by atoms with van der Waals surface area (Å²) < 4.78 is 11.0. The standard InChI is InChI=1S/C28H32N2O3/c1-4-5-20-6-10-23(11-7-20)30(2)24-12-13-25-21(15-17-33-27(25)18-24)8-9-22-19-29-16-14-26(22)28(31)32-3/h6-7,10-14,16,18-19,21H,4-5,8-9,15,17H2,1-3H3/t21-/m1/s1. The van der Waals surface area contributed by atoms with E-state index in [0.29, 0.717) is 18.1 Å². The summed E-state index contributed by atoms with van der Waals surface area (Å²) >= 11 is 0. The summed E-state index contributed by atoms with van der Waals surface area (Å²) in [6.07, 6.45) is 8.34. The van der Waals surface area contributed by atoms with E-state index in [2.05, 4.69) is 66.3 Å². The normalized spacial score (nSPS) is 14.8. The Hall–Kier alpha value is -3.34. The average molecular weight is 445 g/mol. The first-order valence-corrected chi connectivity index (χ1v) is 11.7. The van der Waals surface area contributed by atoms with E-state index in [9.17, 15) is 4.79 Å². The zero-order chi connectivity index (χ0) is 23.2. The maximum Gasteiger partial charge on any atom is 0.338 e. The van der Waals surface area contributed by atoms with Gasteiger partial charge >= 0.3 is 5.97 Å². The lowest BCUT2D eigenvalue weighted by atomic mass is 9.87. The molecule has 0 fully saturated rings. The molecule has 172 valence electrons. The molecule has 4 rings (SSSR count). The minimum atomic E-state index is -0.310. The number of benzene rings is 2. The van der Waals surface area contributed by atoms with Crippen LogP contribution in [-0.2, 0) is 17.6 Å². The summed E-state index contributed by atoms with van der Waals surface area (Å²) in [5.74, 6) is 1.03. The smallest absolute Gasteiger partial charge is 0.338 e. The fourth-order valence-electron chi connectivity index (χ4n) is 4.55. The van der Waals surface area contributed by atoms with Crippen LogP contribution in [-0.4, -0.2) is 31.7 Å². The number of carbonyl (C=O) groups excluding carboxylic acids is 1. The number of anilines is 2. The molecule has 1 atom stereocenters. The van der Waals surface area contributed by atoms with Crippen LogP contribution in [0.5, 0.6) is 5.75 Å². The summed E-state index contributed by atoms with van der Waals surface area (Å²) in [6, 6.07) is 17.0. The van der Waals surface area contributed by atoms with Crippen molar-refractivity contribution in [2.45, 2.75) is 44.9 Å². The zero-order valence-electron chi connectivity index (χ0n) is 19.7. The van der Waals surface area contributed by atoms with Crippen molar-refractivity contribution in [3.63, 3.8) is 0 Å². The van der Waals surface area contributed by atoms with Crippen molar-refractivity contribution in [3.05, 3.63) is 83.2 Å². The molecule has 2 heterocycles. The first kappa shape index (κ1) is 22.8. The molecule has 0 radical (unpaired) electrons. The minimum absolute atomic E-state index is 0.310. The van der Waals surface area contributed by atoms with Crippen LogP contribution in [0.4, 0.5) is 11.4 Å². The van der Waals surface area contributed by atoms with Crippen LogP contribution >= 0.6 is 0 Å². The average Bonchev–Trinajstić information content (AvgIpc) is 2.87. The lowest BCUT2D eigenvalue weighted by Crippen LogP contribution is -2.17. The molecule has 0 spiro atoms. The molecule has 1 aromatic heterocycles. The third-order valence-electron chi connectivity index (χ3n) is 6.48. The summed E-state index contributed by atoms with van der Waals surface area (Å²) in [5.41, 5.74) is 6.41. The van der Waals surface area contributed by atoms with E-state index in [1.54, 1.807) is 18.5 Å². The number of fused-ring (bicyclic) bond motifs is 1. The second kappa shape index (κ2) is 10.5. The Labute approximate surface area is 196 Å². The molecule has 0 amide bonds. The van der Waals surface area contributed by atoms with Gasteiger partial charge in [0.2, 0.25) is 0 Å². The summed E-state index contributed by atoms with van der Waals surface area (Å²) in [6.45, 7) is 2.91. The fraction of sp³-hybridized carbons (Fsp3) is 0.357. The Kier molecular flexibility index (Phi) is 7.28. The largest absolute Gasteiger partial charge is 0.493 e. The number of carbonyl (C=O) groups is 1. The highest BCUT2D eigenvalue weighted by atomic mass is 16.5. The second-order valence-corrected chi connectivity index (χ2v) is 8.59.